The number of benzene rings is 1. The average molecular weight is 259 g/mol. The topological polar surface area (TPSA) is 92.8 Å². The van der Waals surface area contributed by atoms with Gasteiger partial charge in [0.25, 0.3) is 0 Å². The monoisotopic (exact) mass is 259 g/mol. The quantitative estimate of drug-likeness (QED) is 0.512. The lowest BCUT2D eigenvalue weighted by Gasteiger charge is -2.12. The van der Waals surface area contributed by atoms with Crippen LogP contribution in [0.15, 0.2) is 30.3 Å². The van der Waals surface area contributed by atoms with Crippen molar-refractivity contribution in [2.75, 3.05) is 6.61 Å². The van der Waals surface area contributed by atoms with Crippen LogP contribution in [0.3, 0.4) is 0 Å². The van der Waals surface area contributed by atoms with Gasteiger partial charge in [0.2, 0.25) is 0 Å². The number of unbranched alkanes of at least 4 members (excludes halogenated alkanes) is 1. The van der Waals surface area contributed by atoms with Crippen molar-refractivity contribution in [2.45, 2.75) is 25.0 Å². The highest BCUT2D eigenvalue weighted by Crippen LogP contribution is 2.40. The molecule has 1 rings (SSSR count). The summed E-state index contributed by atoms with van der Waals surface area (Å²) in [6.07, 6.45) is 1.67. The lowest BCUT2D eigenvalue weighted by molar-refractivity contribution is 0.301. The second-order valence-corrected chi connectivity index (χ2v) is 5.66. The van der Waals surface area contributed by atoms with Crippen molar-refractivity contribution in [3.8, 4) is 5.75 Å². The van der Waals surface area contributed by atoms with Crippen molar-refractivity contribution < 1.29 is 19.1 Å². The predicted octanol–water partition coefficient (Wildman–Crippen LogP) is 1.70. The molecule has 1 aromatic carbocycles. The Kier molecular flexibility index (Phi) is 5.65. The maximum Gasteiger partial charge on any atom is 0.342 e. The second kappa shape index (κ2) is 6.77. The maximum absolute atomic E-state index is 10.8. The normalized spacial score (nSPS) is 13.4. The van der Waals surface area contributed by atoms with Gasteiger partial charge in [0, 0.05) is 0 Å². The molecule has 0 unspecified atom stereocenters. The van der Waals surface area contributed by atoms with E-state index >= 15 is 0 Å². The fourth-order valence-electron chi connectivity index (χ4n) is 1.33. The minimum absolute atomic E-state index is 0.308. The van der Waals surface area contributed by atoms with Crippen LogP contribution in [0.25, 0.3) is 0 Å². The zero-order valence-corrected chi connectivity index (χ0v) is 10.4. The molecule has 0 saturated heterocycles. The molecule has 0 spiro atoms. The third-order valence-electron chi connectivity index (χ3n) is 2.34. The fraction of sp³-hybridized carbons (Fsp3) is 0.455. The Bertz CT molecular complexity index is 365. The summed E-state index contributed by atoms with van der Waals surface area (Å²) in [5.41, 5.74) is 5.34. The number of para-hydroxylation sites is 1. The zero-order chi connectivity index (χ0) is 12.7. The van der Waals surface area contributed by atoms with Crippen molar-refractivity contribution in [3.63, 3.8) is 0 Å². The van der Waals surface area contributed by atoms with Gasteiger partial charge >= 0.3 is 7.60 Å². The minimum atomic E-state index is -4.13. The largest absolute Gasteiger partial charge is 0.494 e. The van der Waals surface area contributed by atoms with Gasteiger partial charge in [0.05, 0.1) is 6.61 Å². The van der Waals surface area contributed by atoms with E-state index in [9.17, 15) is 4.57 Å². The van der Waals surface area contributed by atoms with Gasteiger partial charge in [0.15, 0.2) is 0 Å². The first-order valence-corrected chi connectivity index (χ1v) is 7.17. The molecule has 0 saturated carbocycles. The Morgan fingerprint density at radius 3 is 2.47 bits per heavy atom. The molecule has 0 aliphatic carbocycles. The number of nitrogens with two attached hydrogens (primary N) is 1. The van der Waals surface area contributed by atoms with Crippen molar-refractivity contribution in [1.29, 1.82) is 0 Å². The molecule has 0 amide bonds. The molecular formula is C11H18NO4P. The van der Waals surface area contributed by atoms with Crippen LogP contribution in [0.4, 0.5) is 0 Å². The highest BCUT2D eigenvalue weighted by molar-refractivity contribution is 7.52. The molecule has 0 aliphatic rings. The van der Waals surface area contributed by atoms with Crippen LogP contribution in [0.5, 0.6) is 5.75 Å². The van der Waals surface area contributed by atoms with Gasteiger partial charge in [-0.25, -0.2) is 0 Å². The van der Waals surface area contributed by atoms with Crippen LogP contribution in [-0.4, -0.2) is 22.2 Å². The molecule has 1 atom stereocenters. The number of ether oxygens (including phenoxy) is 1. The van der Waals surface area contributed by atoms with E-state index in [4.69, 9.17) is 20.3 Å². The first-order chi connectivity index (χ1) is 8.00. The first kappa shape index (κ1) is 14.2. The van der Waals surface area contributed by atoms with E-state index < -0.39 is 13.4 Å². The maximum atomic E-state index is 10.8. The molecule has 1 aromatic rings. The zero-order valence-electron chi connectivity index (χ0n) is 9.53. The molecule has 0 heterocycles. The van der Waals surface area contributed by atoms with E-state index in [1.165, 1.54) is 0 Å². The van der Waals surface area contributed by atoms with E-state index in [-0.39, 0.29) is 0 Å². The van der Waals surface area contributed by atoms with Crippen LogP contribution < -0.4 is 10.5 Å². The minimum Gasteiger partial charge on any atom is -0.494 e. The van der Waals surface area contributed by atoms with Gasteiger partial charge in [-0.05, 0) is 31.4 Å². The highest BCUT2D eigenvalue weighted by atomic mass is 31.2. The highest BCUT2D eigenvalue weighted by Gasteiger charge is 2.23. The SMILES string of the molecule is N[C@H](CCCCOc1ccccc1)P(=O)(O)O. The Labute approximate surface area is 101 Å². The summed E-state index contributed by atoms with van der Waals surface area (Å²) in [6.45, 7) is 0.526. The average Bonchev–Trinajstić information content (AvgIpc) is 2.28. The lowest BCUT2D eigenvalue weighted by Crippen LogP contribution is -2.19. The van der Waals surface area contributed by atoms with Gasteiger partial charge in [0.1, 0.15) is 11.5 Å². The van der Waals surface area contributed by atoms with Crippen molar-refractivity contribution in [2.24, 2.45) is 5.73 Å². The first-order valence-electron chi connectivity index (χ1n) is 5.49. The summed E-state index contributed by atoms with van der Waals surface area (Å²) >= 11 is 0. The smallest absolute Gasteiger partial charge is 0.342 e. The number of hydrogen-bond acceptors (Lipinski definition) is 3. The van der Waals surface area contributed by atoms with E-state index in [0.29, 0.717) is 19.4 Å². The van der Waals surface area contributed by atoms with Gasteiger partial charge in [-0.15, -0.1) is 0 Å². The molecule has 5 nitrogen and oxygen atoms in total. The molecule has 6 heteroatoms. The van der Waals surface area contributed by atoms with E-state index in [2.05, 4.69) is 0 Å². The Hall–Kier alpha value is -0.870. The third-order valence-corrected chi connectivity index (χ3v) is 3.46. The van der Waals surface area contributed by atoms with Gasteiger partial charge < -0.3 is 20.3 Å². The van der Waals surface area contributed by atoms with Gasteiger partial charge in [-0.3, -0.25) is 4.57 Å². The summed E-state index contributed by atoms with van der Waals surface area (Å²) in [4.78, 5) is 17.6. The second-order valence-electron chi connectivity index (χ2n) is 3.81. The summed E-state index contributed by atoms with van der Waals surface area (Å²) < 4.78 is 16.2. The van der Waals surface area contributed by atoms with Gasteiger partial charge in [-0.1, -0.05) is 18.2 Å². The standard InChI is InChI=1S/C11H18NO4P/c12-11(17(13,14)15)8-4-5-9-16-10-6-2-1-3-7-10/h1-3,6-7,11H,4-5,8-9,12H2,(H2,13,14,15)/t11-/m0/s1. The van der Waals surface area contributed by atoms with E-state index in [1.807, 2.05) is 30.3 Å². The molecule has 0 radical (unpaired) electrons. The Morgan fingerprint density at radius 1 is 1.24 bits per heavy atom. The third kappa shape index (κ3) is 5.84. The van der Waals surface area contributed by atoms with E-state index in [0.717, 1.165) is 12.2 Å². The van der Waals surface area contributed by atoms with Crippen LogP contribution >= 0.6 is 7.60 Å². The van der Waals surface area contributed by atoms with Crippen LogP contribution in [0.1, 0.15) is 19.3 Å². The summed E-state index contributed by atoms with van der Waals surface area (Å²) in [6, 6.07) is 9.41. The molecule has 0 aliphatic heterocycles. The summed E-state index contributed by atoms with van der Waals surface area (Å²) in [7, 11) is -4.13. The molecule has 0 bridgehead atoms. The Morgan fingerprint density at radius 2 is 1.88 bits per heavy atom. The summed E-state index contributed by atoms with van der Waals surface area (Å²) in [5, 5.41) is 0. The molecule has 17 heavy (non-hydrogen) atoms. The molecule has 4 N–H and O–H groups in total. The van der Waals surface area contributed by atoms with Crippen LogP contribution in [0, 0.1) is 0 Å². The number of hydrogen-bond donors (Lipinski definition) is 3. The Balaban J connectivity index is 2.11. The van der Waals surface area contributed by atoms with Gasteiger partial charge in [-0.2, -0.15) is 0 Å². The van der Waals surface area contributed by atoms with E-state index in [1.54, 1.807) is 0 Å². The summed E-state index contributed by atoms with van der Waals surface area (Å²) in [5.74, 6) is -0.258. The van der Waals surface area contributed by atoms with Crippen LogP contribution in [0.2, 0.25) is 0 Å². The van der Waals surface area contributed by atoms with Crippen molar-refractivity contribution in [1.82, 2.24) is 0 Å². The predicted molar refractivity (Wildman–Crippen MR) is 65.8 cm³/mol. The molecule has 0 aromatic heterocycles. The fourth-order valence-corrected chi connectivity index (χ4v) is 1.85. The van der Waals surface area contributed by atoms with Crippen molar-refractivity contribution in [3.05, 3.63) is 30.3 Å². The van der Waals surface area contributed by atoms with Crippen LogP contribution in [-0.2, 0) is 4.57 Å². The molecule has 0 fully saturated rings. The lowest BCUT2D eigenvalue weighted by atomic mass is 10.2. The van der Waals surface area contributed by atoms with Crippen molar-refractivity contribution >= 4 is 7.60 Å². The molecule has 96 valence electrons. The molecular weight excluding hydrogens is 241 g/mol. The number of rotatable bonds is 7.